The van der Waals surface area contributed by atoms with E-state index in [0.29, 0.717) is 0 Å². The average molecular weight is 123 g/mol. The summed E-state index contributed by atoms with van der Waals surface area (Å²) >= 11 is 2.31. The van der Waals surface area contributed by atoms with Crippen molar-refractivity contribution in [3.8, 4) is 0 Å². The molecule has 0 aromatic rings. The molecule has 29 valence electrons. The molecule has 0 amide bonds. The molecular weight excluding hydrogens is 118 g/mol. The van der Waals surface area contributed by atoms with Gasteiger partial charge in [-0.25, -0.2) is 0 Å². The van der Waals surface area contributed by atoms with E-state index >= 15 is 0 Å². The molecule has 0 saturated heterocycles. The summed E-state index contributed by atoms with van der Waals surface area (Å²) in [5, 5.41) is 0. The fourth-order valence-electron chi connectivity index (χ4n) is 0. The van der Waals surface area contributed by atoms with E-state index in [1.807, 2.05) is 0 Å². The van der Waals surface area contributed by atoms with Gasteiger partial charge < -0.3 is 5.48 Å². The number of rotatable bonds is 0. The zero-order chi connectivity index (χ0) is 2.00. The molecule has 0 rings (SSSR count). The summed E-state index contributed by atoms with van der Waals surface area (Å²) in [6, 6.07) is 0. The predicted molar refractivity (Wildman–Crippen MR) is 14.2 cm³/mol. The Kier molecular flexibility index (Phi) is 249. The number of hydrogen-bond donors (Lipinski definition) is 0. The zero-order valence-electron chi connectivity index (χ0n) is 1.24. The van der Waals surface area contributed by atoms with Gasteiger partial charge >= 0.3 is 19.5 Å². The Morgan fingerprint density at radius 2 is 1.25 bits per heavy atom. The summed E-state index contributed by atoms with van der Waals surface area (Å²) in [7, 11) is 0. The molecule has 0 spiro atoms. The van der Waals surface area contributed by atoms with Crippen molar-refractivity contribution in [1.82, 2.24) is 0 Å². The van der Waals surface area contributed by atoms with E-state index in [-0.39, 0.29) is 22.8 Å². The molecule has 0 aromatic carbocycles. The summed E-state index contributed by atoms with van der Waals surface area (Å²) in [4.78, 5) is 0. The minimum atomic E-state index is 0. The van der Waals surface area contributed by atoms with Crippen LogP contribution in [0.4, 0.5) is 0 Å². The fourth-order valence-corrected chi connectivity index (χ4v) is 0. The minimum absolute atomic E-state index is 0. The van der Waals surface area contributed by atoms with E-state index in [4.69, 9.17) is 3.87 Å². The van der Waals surface area contributed by atoms with Crippen LogP contribution in [-0.2, 0) is 19.5 Å². The SMILES string of the molecule is O.[AlH3].[O]=[Co]. The summed E-state index contributed by atoms with van der Waals surface area (Å²) in [5.74, 6) is 0. The summed E-state index contributed by atoms with van der Waals surface area (Å²) in [6.45, 7) is 0. The van der Waals surface area contributed by atoms with Crippen molar-refractivity contribution in [2.45, 2.75) is 0 Å². The maximum absolute atomic E-state index is 7.94. The molecule has 4 heavy (non-hydrogen) atoms. The molecule has 4 heteroatoms. The molecule has 0 aliphatic carbocycles. The Morgan fingerprint density at radius 1 is 1.25 bits per heavy atom. The molecule has 2 N–H and O–H groups in total. The van der Waals surface area contributed by atoms with Gasteiger partial charge in [0, 0.05) is 0 Å². The van der Waals surface area contributed by atoms with Crippen molar-refractivity contribution in [3.63, 3.8) is 0 Å². The predicted octanol–water partition coefficient (Wildman–Crippen LogP) is -2.13. The molecule has 0 bridgehead atoms. The van der Waals surface area contributed by atoms with Crippen molar-refractivity contribution < 1.29 is 25.0 Å². The van der Waals surface area contributed by atoms with Crippen molar-refractivity contribution in [3.05, 3.63) is 0 Å². The van der Waals surface area contributed by atoms with Gasteiger partial charge in [-0.15, -0.1) is 0 Å². The van der Waals surface area contributed by atoms with Crippen LogP contribution in [-0.4, -0.2) is 22.8 Å². The van der Waals surface area contributed by atoms with Gasteiger partial charge in [0.05, 0.1) is 0 Å². The Hall–Kier alpha value is 0.799. The van der Waals surface area contributed by atoms with Crippen LogP contribution in [0.3, 0.4) is 0 Å². The average Bonchev–Trinajstić information content (AvgIpc) is 1.00. The van der Waals surface area contributed by atoms with Crippen LogP contribution in [0.1, 0.15) is 0 Å². The van der Waals surface area contributed by atoms with E-state index in [1.165, 1.54) is 0 Å². The first-order valence-corrected chi connectivity index (χ1v) is 0.561. The zero-order valence-corrected chi connectivity index (χ0v) is 2.28. The molecule has 0 atom stereocenters. The third-order valence-corrected chi connectivity index (χ3v) is 0. The molecule has 2 nitrogen and oxygen atoms in total. The summed E-state index contributed by atoms with van der Waals surface area (Å²) < 4.78 is 7.94. The normalized spacial score (nSPS) is 1.25. The van der Waals surface area contributed by atoms with Crippen molar-refractivity contribution in [2.24, 2.45) is 0 Å². The monoisotopic (exact) mass is 123 g/mol. The van der Waals surface area contributed by atoms with Gasteiger partial charge in [0.15, 0.2) is 17.4 Å². The first kappa shape index (κ1) is 21.4. The standard InChI is InChI=1S/Al.Co.H2O.O.3H/h;;1H2;;;;. The first-order chi connectivity index (χ1) is 1.00. The van der Waals surface area contributed by atoms with Gasteiger partial charge in [-0.1, -0.05) is 0 Å². The van der Waals surface area contributed by atoms with E-state index in [2.05, 4.69) is 15.7 Å². The Morgan fingerprint density at radius 3 is 1.25 bits per heavy atom. The van der Waals surface area contributed by atoms with E-state index in [0.717, 1.165) is 0 Å². The fraction of sp³-hybridized carbons (Fsp3) is 0. The molecule has 0 heterocycles. The molecule has 0 radical (unpaired) electrons. The van der Waals surface area contributed by atoms with Gasteiger partial charge in [0.25, 0.3) is 0 Å². The van der Waals surface area contributed by atoms with Gasteiger partial charge in [-0.05, 0) is 0 Å². The van der Waals surface area contributed by atoms with Crippen LogP contribution in [0.25, 0.3) is 0 Å². The third-order valence-electron chi connectivity index (χ3n) is 0. The molecule has 0 aliphatic rings. The topological polar surface area (TPSA) is 48.6 Å². The van der Waals surface area contributed by atoms with Crippen LogP contribution in [0.15, 0.2) is 0 Å². The molecule has 0 aliphatic heterocycles. The van der Waals surface area contributed by atoms with Crippen molar-refractivity contribution in [2.75, 3.05) is 0 Å². The molecule has 0 unspecified atom stereocenters. The van der Waals surface area contributed by atoms with E-state index in [9.17, 15) is 0 Å². The van der Waals surface area contributed by atoms with Gasteiger partial charge in [0.2, 0.25) is 0 Å². The third kappa shape index (κ3) is 14.2. The van der Waals surface area contributed by atoms with Crippen molar-refractivity contribution >= 4 is 17.4 Å². The van der Waals surface area contributed by atoms with Crippen molar-refractivity contribution in [1.29, 1.82) is 0 Å². The van der Waals surface area contributed by atoms with Gasteiger partial charge in [-0.3, -0.25) is 0 Å². The van der Waals surface area contributed by atoms with Crippen LogP contribution >= 0.6 is 0 Å². The Bertz CT molecular complexity index is 6.00. The Labute approximate surface area is 42.8 Å². The molecule has 0 fully saturated rings. The molecule has 0 aromatic heterocycles. The Balaban J connectivity index is -0.00000000500. The molecule has 0 saturated carbocycles. The van der Waals surface area contributed by atoms with Crippen LogP contribution < -0.4 is 0 Å². The molecular formula is H5AlCoO2. The van der Waals surface area contributed by atoms with E-state index < -0.39 is 0 Å². The maximum atomic E-state index is 7.94. The summed E-state index contributed by atoms with van der Waals surface area (Å²) in [6.07, 6.45) is 0. The van der Waals surface area contributed by atoms with E-state index in [1.54, 1.807) is 0 Å². The quantitative estimate of drug-likeness (QED) is 0.339. The van der Waals surface area contributed by atoms with Crippen LogP contribution in [0, 0.1) is 0 Å². The second-order valence-corrected chi connectivity index (χ2v) is 0. The van der Waals surface area contributed by atoms with Gasteiger partial charge in [-0.2, -0.15) is 0 Å². The van der Waals surface area contributed by atoms with Gasteiger partial charge in [0.1, 0.15) is 0 Å². The summed E-state index contributed by atoms with van der Waals surface area (Å²) in [5.41, 5.74) is 0. The van der Waals surface area contributed by atoms with Crippen LogP contribution in [0.2, 0.25) is 0 Å². The first-order valence-electron chi connectivity index (χ1n) is 0.136. The van der Waals surface area contributed by atoms with Crippen LogP contribution in [0.5, 0.6) is 0 Å². The second-order valence-electron chi connectivity index (χ2n) is 0. The number of hydrogen-bond acceptors (Lipinski definition) is 1. The second kappa shape index (κ2) is 46.6.